The quantitative estimate of drug-likeness (QED) is 0.598. The van der Waals surface area contributed by atoms with Gasteiger partial charge in [-0.25, -0.2) is 0 Å². The maximum atomic E-state index is 11.1. The van der Waals surface area contributed by atoms with E-state index in [2.05, 4.69) is 9.47 Å². The minimum atomic E-state index is -0.243. The van der Waals surface area contributed by atoms with Crippen molar-refractivity contribution in [2.45, 2.75) is 13.3 Å². The Hall–Kier alpha value is -1.10. The van der Waals surface area contributed by atoms with Gasteiger partial charge in [0.05, 0.1) is 26.6 Å². The molecule has 0 saturated carbocycles. The molecule has 0 saturated heterocycles. The second-order valence-corrected chi connectivity index (χ2v) is 3.51. The van der Waals surface area contributed by atoms with Crippen LogP contribution in [-0.4, -0.2) is 51.2 Å². The summed E-state index contributed by atoms with van der Waals surface area (Å²) in [5.41, 5.74) is 0. The summed E-state index contributed by atoms with van der Waals surface area (Å²) < 4.78 is 9.12. The summed E-state index contributed by atoms with van der Waals surface area (Å²) in [4.78, 5) is 23.9. The second-order valence-electron chi connectivity index (χ2n) is 3.51. The molecule has 88 valence electrons. The Bertz CT molecular complexity index is 217. The number of carbonyl (C=O) groups is 2. The van der Waals surface area contributed by atoms with Crippen molar-refractivity contribution in [3.8, 4) is 0 Å². The van der Waals surface area contributed by atoms with Gasteiger partial charge in [0.1, 0.15) is 0 Å². The smallest absolute Gasteiger partial charge is 0.309 e. The molecule has 0 aromatic heterocycles. The summed E-state index contributed by atoms with van der Waals surface area (Å²) in [6, 6.07) is 0. The molecule has 0 spiro atoms. The summed E-state index contributed by atoms with van der Waals surface area (Å²) in [7, 11) is 4.58. The fourth-order valence-electron chi connectivity index (χ4n) is 1.22. The van der Waals surface area contributed by atoms with Gasteiger partial charge in [0.25, 0.3) is 0 Å². The van der Waals surface area contributed by atoms with Crippen molar-refractivity contribution < 1.29 is 19.1 Å². The van der Waals surface area contributed by atoms with Crippen LogP contribution in [0.15, 0.2) is 0 Å². The molecular weight excluding hydrogens is 198 g/mol. The molecule has 0 N–H and O–H groups in total. The van der Waals surface area contributed by atoms with Gasteiger partial charge in [-0.1, -0.05) is 6.92 Å². The van der Waals surface area contributed by atoms with Gasteiger partial charge in [-0.3, -0.25) is 9.59 Å². The molecule has 15 heavy (non-hydrogen) atoms. The maximum absolute atomic E-state index is 11.1. The van der Waals surface area contributed by atoms with Crippen molar-refractivity contribution in [1.29, 1.82) is 0 Å². The van der Waals surface area contributed by atoms with E-state index < -0.39 is 0 Å². The Morgan fingerprint density at radius 2 is 1.87 bits per heavy atom. The number of hydrogen-bond acceptors (Lipinski definition) is 5. The lowest BCUT2D eigenvalue weighted by Crippen LogP contribution is -2.31. The number of rotatable bonds is 6. The van der Waals surface area contributed by atoms with E-state index >= 15 is 0 Å². The van der Waals surface area contributed by atoms with E-state index in [1.54, 1.807) is 6.92 Å². The van der Waals surface area contributed by atoms with Crippen LogP contribution in [0.3, 0.4) is 0 Å². The van der Waals surface area contributed by atoms with Crippen molar-refractivity contribution >= 4 is 11.9 Å². The first-order valence-corrected chi connectivity index (χ1v) is 4.84. The lowest BCUT2D eigenvalue weighted by atomic mass is 10.2. The predicted octanol–water partition coefficient (Wildman–Crippen LogP) is 0.290. The lowest BCUT2D eigenvalue weighted by molar-refractivity contribution is -0.145. The van der Waals surface area contributed by atoms with E-state index in [4.69, 9.17) is 0 Å². The molecule has 5 heteroatoms. The van der Waals surface area contributed by atoms with E-state index in [0.29, 0.717) is 19.5 Å². The molecule has 0 radical (unpaired) electrons. The highest BCUT2D eigenvalue weighted by Gasteiger charge is 2.15. The van der Waals surface area contributed by atoms with Crippen LogP contribution in [0, 0.1) is 5.92 Å². The van der Waals surface area contributed by atoms with Crippen LogP contribution >= 0.6 is 0 Å². The Morgan fingerprint density at radius 1 is 1.27 bits per heavy atom. The standard InChI is InChI=1S/C10H19NO4/c1-8(10(13)15-4)7-11(2)6-5-9(12)14-3/h8H,5-7H2,1-4H3. The second kappa shape index (κ2) is 7.23. The highest BCUT2D eigenvalue weighted by atomic mass is 16.5. The predicted molar refractivity (Wildman–Crippen MR) is 55.3 cm³/mol. The average Bonchev–Trinajstić information content (AvgIpc) is 2.24. The SMILES string of the molecule is COC(=O)CCN(C)CC(C)C(=O)OC. The molecule has 0 amide bonds. The van der Waals surface area contributed by atoms with Gasteiger partial charge < -0.3 is 14.4 Å². The number of nitrogens with zero attached hydrogens (tertiary/aromatic N) is 1. The Kier molecular flexibility index (Phi) is 6.70. The fourth-order valence-corrected chi connectivity index (χ4v) is 1.22. The fraction of sp³-hybridized carbons (Fsp3) is 0.800. The Balaban J connectivity index is 3.78. The molecule has 0 bridgehead atoms. The van der Waals surface area contributed by atoms with Crippen LogP contribution in [0.4, 0.5) is 0 Å². The van der Waals surface area contributed by atoms with Gasteiger partial charge in [-0.05, 0) is 7.05 Å². The minimum Gasteiger partial charge on any atom is -0.469 e. The first-order chi connectivity index (χ1) is 7.01. The molecule has 0 aromatic rings. The number of esters is 2. The van der Waals surface area contributed by atoms with Crippen molar-refractivity contribution in [1.82, 2.24) is 4.90 Å². The molecule has 0 aliphatic heterocycles. The first kappa shape index (κ1) is 13.9. The zero-order chi connectivity index (χ0) is 11.8. The highest BCUT2D eigenvalue weighted by molar-refractivity contribution is 5.72. The number of methoxy groups -OCH3 is 2. The van der Waals surface area contributed by atoms with Crippen molar-refractivity contribution in [2.24, 2.45) is 5.92 Å². The van der Waals surface area contributed by atoms with Gasteiger partial charge in [0.2, 0.25) is 0 Å². The van der Waals surface area contributed by atoms with Gasteiger partial charge >= 0.3 is 11.9 Å². The Labute approximate surface area is 90.3 Å². The summed E-state index contributed by atoms with van der Waals surface area (Å²) in [6.45, 7) is 2.94. The normalized spacial score (nSPS) is 12.3. The van der Waals surface area contributed by atoms with E-state index in [1.807, 2.05) is 11.9 Å². The number of carbonyl (C=O) groups excluding carboxylic acids is 2. The molecule has 0 fully saturated rings. The van der Waals surface area contributed by atoms with Crippen molar-refractivity contribution in [2.75, 3.05) is 34.4 Å². The third-order valence-electron chi connectivity index (χ3n) is 2.11. The molecule has 5 nitrogen and oxygen atoms in total. The van der Waals surface area contributed by atoms with Crippen LogP contribution in [0.5, 0.6) is 0 Å². The van der Waals surface area contributed by atoms with Gasteiger partial charge in [0, 0.05) is 13.1 Å². The summed E-state index contributed by atoms with van der Waals surface area (Å²) in [5.74, 6) is -0.662. The minimum absolute atomic E-state index is 0.183. The van der Waals surface area contributed by atoms with E-state index in [-0.39, 0.29) is 17.9 Å². The third-order valence-corrected chi connectivity index (χ3v) is 2.11. The van der Waals surface area contributed by atoms with E-state index in [9.17, 15) is 9.59 Å². The van der Waals surface area contributed by atoms with Crippen molar-refractivity contribution in [3.63, 3.8) is 0 Å². The number of ether oxygens (including phenoxy) is 2. The highest BCUT2D eigenvalue weighted by Crippen LogP contribution is 2.01. The monoisotopic (exact) mass is 217 g/mol. The van der Waals surface area contributed by atoms with Gasteiger partial charge in [0.15, 0.2) is 0 Å². The first-order valence-electron chi connectivity index (χ1n) is 4.84. The largest absolute Gasteiger partial charge is 0.469 e. The molecule has 0 aliphatic rings. The summed E-state index contributed by atoms with van der Waals surface area (Å²) >= 11 is 0. The molecule has 1 unspecified atom stereocenters. The molecular formula is C10H19NO4. The van der Waals surface area contributed by atoms with Crippen LogP contribution in [0.1, 0.15) is 13.3 Å². The maximum Gasteiger partial charge on any atom is 0.309 e. The summed E-state index contributed by atoms with van der Waals surface area (Å²) in [6.07, 6.45) is 0.334. The van der Waals surface area contributed by atoms with Crippen molar-refractivity contribution in [3.05, 3.63) is 0 Å². The van der Waals surface area contributed by atoms with Crippen LogP contribution < -0.4 is 0 Å². The van der Waals surface area contributed by atoms with Gasteiger partial charge in [-0.2, -0.15) is 0 Å². The van der Waals surface area contributed by atoms with E-state index in [0.717, 1.165) is 0 Å². The lowest BCUT2D eigenvalue weighted by Gasteiger charge is -2.19. The molecule has 0 heterocycles. The van der Waals surface area contributed by atoms with E-state index in [1.165, 1.54) is 14.2 Å². The molecule has 0 aromatic carbocycles. The molecule has 1 atom stereocenters. The third kappa shape index (κ3) is 6.06. The van der Waals surface area contributed by atoms with Crippen LogP contribution in [-0.2, 0) is 19.1 Å². The Morgan fingerprint density at radius 3 is 2.33 bits per heavy atom. The molecule has 0 aliphatic carbocycles. The van der Waals surface area contributed by atoms with Crippen LogP contribution in [0.2, 0.25) is 0 Å². The average molecular weight is 217 g/mol. The number of hydrogen-bond donors (Lipinski definition) is 0. The summed E-state index contributed by atoms with van der Waals surface area (Å²) in [5, 5.41) is 0. The zero-order valence-electron chi connectivity index (χ0n) is 9.78. The molecule has 0 rings (SSSR count). The topological polar surface area (TPSA) is 55.8 Å². The van der Waals surface area contributed by atoms with Crippen LogP contribution in [0.25, 0.3) is 0 Å². The zero-order valence-corrected chi connectivity index (χ0v) is 9.78. The van der Waals surface area contributed by atoms with Gasteiger partial charge in [-0.15, -0.1) is 0 Å².